The number of nitrogens with zero attached hydrogens (tertiary/aromatic N) is 2. The van der Waals surface area contributed by atoms with Gasteiger partial charge < -0.3 is 14.4 Å². The predicted molar refractivity (Wildman–Crippen MR) is 125 cm³/mol. The number of ether oxygens (including phenoxy) is 2. The van der Waals surface area contributed by atoms with E-state index in [1.54, 1.807) is 11.3 Å². The average Bonchev–Trinajstić information content (AvgIpc) is 3.20. The molecular weight excluding hydrogens is 476 g/mol. The van der Waals surface area contributed by atoms with Gasteiger partial charge in [0, 0.05) is 33.9 Å². The number of thiazole rings is 1. The number of piperidine rings is 1. The summed E-state index contributed by atoms with van der Waals surface area (Å²) in [5.41, 5.74) is 2.21. The first-order chi connectivity index (χ1) is 15.1. The maximum atomic E-state index is 13.0. The molecule has 1 atom stereocenters. The van der Waals surface area contributed by atoms with Gasteiger partial charge in [0.15, 0.2) is 11.5 Å². The third kappa shape index (κ3) is 4.21. The lowest BCUT2D eigenvalue weighted by molar-refractivity contribution is -0.142. The van der Waals surface area contributed by atoms with Gasteiger partial charge in [0.1, 0.15) is 6.61 Å². The third-order valence-corrected chi connectivity index (χ3v) is 7.53. The van der Waals surface area contributed by atoms with Crippen LogP contribution in [0.25, 0.3) is 11.3 Å². The number of benzene rings is 2. The number of hydrogen-bond donors (Lipinski definition) is 0. The molecule has 0 saturated carbocycles. The maximum Gasteiger partial charge on any atom is 0.267 e. The number of carbonyl (C=O) groups excluding carboxylic acids is 1. The summed E-state index contributed by atoms with van der Waals surface area (Å²) in [5.74, 6) is 1.74. The van der Waals surface area contributed by atoms with E-state index >= 15 is 0 Å². The summed E-state index contributed by atoms with van der Waals surface area (Å²) >= 11 is 5.27. The number of fused-ring (bicyclic) bond motifs is 1. The Morgan fingerprint density at radius 3 is 2.55 bits per heavy atom. The minimum Gasteiger partial charge on any atom is -0.485 e. The van der Waals surface area contributed by atoms with Crippen molar-refractivity contribution in [2.45, 2.75) is 31.8 Å². The molecule has 1 aromatic heterocycles. The van der Waals surface area contributed by atoms with E-state index in [1.807, 2.05) is 41.3 Å². The van der Waals surface area contributed by atoms with Crippen LogP contribution >= 0.6 is 27.3 Å². The first-order valence-corrected chi connectivity index (χ1v) is 12.1. The van der Waals surface area contributed by atoms with Gasteiger partial charge in [-0.3, -0.25) is 4.79 Å². The number of halogens is 1. The van der Waals surface area contributed by atoms with Crippen LogP contribution in [0.15, 0.2) is 53.0 Å². The number of para-hydroxylation sites is 2. The minimum atomic E-state index is -0.572. The second kappa shape index (κ2) is 8.63. The lowest BCUT2D eigenvalue weighted by atomic mass is 9.97. The molecule has 160 valence electrons. The lowest BCUT2D eigenvalue weighted by Gasteiger charge is -2.34. The van der Waals surface area contributed by atoms with E-state index in [2.05, 4.69) is 35.0 Å². The number of carbonyl (C=O) groups is 1. The molecule has 0 N–H and O–H groups in total. The van der Waals surface area contributed by atoms with Crippen molar-refractivity contribution in [2.75, 3.05) is 19.7 Å². The second-order valence-corrected chi connectivity index (χ2v) is 10.1. The van der Waals surface area contributed by atoms with Gasteiger partial charge in [-0.25, -0.2) is 4.98 Å². The van der Waals surface area contributed by atoms with Crippen molar-refractivity contribution in [3.8, 4) is 22.8 Å². The van der Waals surface area contributed by atoms with Gasteiger partial charge in [-0.1, -0.05) is 40.2 Å². The van der Waals surface area contributed by atoms with Crippen LogP contribution in [0.4, 0.5) is 0 Å². The zero-order chi connectivity index (χ0) is 21.4. The average molecular weight is 499 g/mol. The molecule has 0 radical (unpaired) electrons. The fraction of sp³-hybridized carbons (Fsp3) is 0.333. The van der Waals surface area contributed by atoms with Gasteiger partial charge in [0.25, 0.3) is 5.91 Å². The maximum absolute atomic E-state index is 13.0. The van der Waals surface area contributed by atoms with E-state index < -0.39 is 6.10 Å². The molecule has 5 rings (SSSR count). The fourth-order valence-electron chi connectivity index (χ4n) is 4.16. The highest BCUT2D eigenvalue weighted by Crippen LogP contribution is 2.37. The molecule has 5 nitrogen and oxygen atoms in total. The molecule has 2 aliphatic rings. The van der Waals surface area contributed by atoms with Crippen molar-refractivity contribution in [1.29, 1.82) is 0 Å². The SMILES string of the molecule is Cc1sc(C2CCN(C(=O)C3COc4ccccc4O3)CC2)nc1-c1ccc(Br)cc1. The molecule has 2 aromatic carbocycles. The largest absolute Gasteiger partial charge is 0.485 e. The lowest BCUT2D eigenvalue weighted by Crippen LogP contribution is -2.48. The van der Waals surface area contributed by atoms with Crippen molar-refractivity contribution in [2.24, 2.45) is 0 Å². The molecule has 2 aliphatic heterocycles. The van der Waals surface area contributed by atoms with E-state index in [1.165, 1.54) is 9.88 Å². The molecule has 7 heteroatoms. The zero-order valence-corrected chi connectivity index (χ0v) is 19.6. The van der Waals surface area contributed by atoms with Crippen LogP contribution in [0, 0.1) is 6.92 Å². The monoisotopic (exact) mass is 498 g/mol. The van der Waals surface area contributed by atoms with E-state index in [9.17, 15) is 4.79 Å². The summed E-state index contributed by atoms with van der Waals surface area (Å²) in [6, 6.07) is 15.8. The van der Waals surface area contributed by atoms with Crippen molar-refractivity contribution < 1.29 is 14.3 Å². The van der Waals surface area contributed by atoms with E-state index in [-0.39, 0.29) is 12.5 Å². The van der Waals surface area contributed by atoms with Crippen molar-refractivity contribution in [3.63, 3.8) is 0 Å². The van der Waals surface area contributed by atoms with Gasteiger partial charge in [-0.15, -0.1) is 11.3 Å². The predicted octanol–water partition coefficient (Wildman–Crippen LogP) is 5.43. The van der Waals surface area contributed by atoms with E-state index in [0.29, 0.717) is 17.4 Å². The molecule has 1 unspecified atom stereocenters. The molecule has 3 aromatic rings. The van der Waals surface area contributed by atoms with Crippen molar-refractivity contribution in [3.05, 3.63) is 62.9 Å². The highest BCUT2D eigenvalue weighted by atomic mass is 79.9. The Hall–Kier alpha value is -2.38. The molecule has 1 saturated heterocycles. The van der Waals surface area contributed by atoms with Crippen LogP contribution in [0.5, 0.6) is 11.5 Å². The van der Waals surface area contributed by atoms with E-state index in [4.69, 9.17) is 14.5 Å². The zero-order valence-electron chi connectivity index (χ0n) is 17.2. The quantitative estimate of drug-likeness (QED) is 0.483. The van der Waals surface area contributed by atoms with Gasteiger partial charge in [-0.05, 0) is 44.0 Å². The number of aryl methyl sites for hydroxylation is 1. The summed E-state index contributed by atoms with van der Waals surface area (Å²) in [6.45, 7) is 3.84. The summed E-state index contributed by atoms with van der Waals surface area (Å²) in [7, 11) is 0. The molecule has 3 heterocycles. The van der Waals surface area contributed by atoms with E-state index in [0.717, 1.165) is 41.7 Å². The Kier molecular flexibility index (Phi) is 5.71. The summed E-state index contributed by atoms with van der Waals surface area (Å²) in [6.07, 6.45) is 1.27. The Morgan fingerprint density at radius 1 is 1.10 bits per heavy atom. The normalized spacial score (nSPS) is 18.8. The number of rotatable bonds is 3. The summed E-state index contributed by atoms with van der Waals surface area (Å²) in [5, 5.41) is 1.17. The standard InChI is InChI=1S/C24H23BrN2O3S/c1-15-22(16-6-8-18(25)9-7-16)26-23(31-15)17-10-12-27(13-11-17)24(28)21-14-29-19-4-2-3-5-20(19)30-21/h2-9,17,21H,10-14H2,1H3. The van der Waals surface area contributed by atoms with Crippen LogP contribution in [-0.4, -0.2) is 41.6 Å². The van der Waals surface area contributed by atoms with Crippen LogP contribution in [0.2, 0.25) is 0 Å². The fourth-order valence-corrected chi connectivity index (χ4v) is 5.54. The number of aromatic nitrogens is 1. The van der Waals surface area contributed by atoms with Gasteiger partial charge in [-0.2, -0.15) is 0 Å². The molecule has 0 aliphatic carbocycles. The van der Waals surface area contributed by atoms with Crippen LogP contribution in [-0.2, 0) is 4.79 Å². The van der Waals surface area contributed by atoms with Crippen LogP contribution < -0.4 is 9.47 Å². The second-order valence-electron chi connectivity index (χ2n) is 7.93. The van der Waals surface area contributed by atoms with Crippen LogP contribution in [0.1, 0.15) is 28.6 Å². The summed E-state index contributed by atoms with van der Waals surface area (Å²) in [4.78, 5) is 21.1. The highest BCUT2D eigenvalue weighted by molar-refractivity contribution is 9.10. The Bertz CT molecular complexity index is 1090. The van der Waals surface area contributed by atoms with Gasteiger partial charge >= 0.3 is 0 Å². The number of likely N-dealkylation sites (tertiary alicyclic amines) is 1. The smallest absolute Gasteiger partial charge is 0.267 e. The van der Waals surface area contributed by atoms with Crippen molar-refractivity contribution in [1.82, 2.24) is 9.88 Å². The molecule has 0 bridgehead atoms. The molecule has 1 amide bonds. The van der Waals surface area contributed by atoms with Gasteiger partial charge in [0.2, 0.25) is 6.10 Å². The molecular formula is C24H23BrN2O3S. The molecule has 1 fully saturated rings. The Balaban J connectivity index is 1.22. The first kappa shape index (κ1) is 20.5. The summed E-state index contributed by atoms with van der Waals surface area (Å²) < 4.78 is 12.7. The Morgan fingerprint density at radius 2 is 1.81 bits per heavy atom. The van der Waals surface area contributed by atoms with Crippen LogP contribution in [0.3, 0.4) is 0 Å². The topological polar surface area (TPSA) is 51.7 Å². The molecule has 31 heavy (non-hydrogen) atoms. The Labute approximate surface area is 194 Å². The van der Waals surface area contributed by atoms with Crippen molar-refractivity contribution >= 4 is 33.2 Å². The highest BCUT2D eigenvalue weighted by Gasteiger charge is 2.34. The van der Waals surface area contributed by atoms with Gasteiger partial charge in [0.05, 0.1) is 10.7 Å². The number of hydrogen-bond acceptors (Lipinski definition) is 5. The molecule has 0 spiro atoms. The number of amides is 1. The minimum absolute atomic E-state index is 0.0128. The third-order valence-electron chi connectivity index (χ3n) is 5.87. The first-order valence-electron chi connectivity index (χ1n) is 10.5.